The van der Waals surface area contributed by atoms with Crippen molar-refractivity contribution in [2.24, 2.45) is 0 Å². The summed E-state index contributed by atoms with van der Waals surface area (Å²) in [6.45, 7) is 1.36. The first-order valence-electron chi connectivity index (χ1n) is 6.35. The van der Waals surface area contributed by atoms with Crippen LogP contribution in [0.2, 0.25) is 0 Å². The Morgan fingerprint density at radius 1 is 1.17 bits per heavy atom. The molecule has 1 aliphatic rings. The van der Waals surface area contributed by atoms with Crippen LogP contribution < -0.4 is 5.32 Å². The number of hydrogen-bond donors (Lipinski definition) is 1. The van der Waals surface area contributed by atoms with Gasteiger partial charge in [0.15, 0.2) is 0 Å². The molecule has 1 saturated carbocycles. The van der Waals surface area contributed by atoms with Gasteiger partial charge in [0.1, 0.15) is 11.6 Å². The molecular formula is C14H20F2N2. The van der Waals surface area contributed by atoms with Crippen LogP contribution in [0.3, 0.4) is 0 Å². The normalized spacial score (nSPS) is 17.8. The molecule has 0 atom stereocenters. The predicted molar refractivity (Wildman–Crippen MR) is 68.3 cm³/mol. The third kappa shape index (κ3) is 2.87. The molecule has 0 bridgehead atoms. The number of nitrogens with zero attached hydrogens (tertiary/aromatic N) is 1. The Bertz CT molecular complexity index is 394. The lowest BCUT2D eigenvalue weighted by Gasteiger charge is -2.47. The van der Waals surface area contributed by atoms with Crippen LogP contribution in [-0.4, -0.2) is 31.1 Å². The topological polar surface area (TPSA) is 15.3 Å². The van der Waals surface area contributed by atoms with Crippen molar-refractivity contribution in [1.82, 2.24) is 10.2 Å². The highest BCUT2D eigenvalue weighted by Crippen LogP contribution is 2.35. The van der Waals surface area contributed by atoms with E-state index in [2.05, 4.69) is 24.3 Å². The second-order valence-corrected chi connectivity index (χ2v) is 5.35. The lowest BCUT2D eigenvalue weighted by molar-refractivity contribution is 0.0598. The monoisotopic (exact) mass is 254 g/mol. The van der Waals surface area contributed by atoms with E-state index in [0.717, 1.165) is 12.6 Å². The van der Waals surface area contributed by atoms with E-state index in [9.17, 15) is 8.78 Å². The first-order valence-corrected chi connectivity index (χ1v) is 6.35. The van der Waals surface area contributed by atoms with Gasteiger partial charge in [-0.2, -0.15) is 0 Å². The Balaban J connectivity index is 1.88. The van der Waals surface area contributed by atoms with Gasteiger partial charge < -0.3 is 10.2 Å². The summed E-state index contributed by atoms with van der Waals surface area (Å²) in [7, 11) is 4.17. The summed E-state index contributed by atoms with van der Waals surface area (Å²) in [6.07, 6.45) is 3.63. The number of benzene rings is 1. The highest BCUT2D eigenvalue weighted by atomic mass is 19.1. The minimum atomic E-state index is -0.516. The molecule has 0 amide bonds. The van der Waals surface area contributed by atoms with E-state index in [-0.39, 0.29) is 5.54 Å². The van der Waals surface area contributed by atoms with Crippen LogP contribution in [0, 0.1) is 11.6 Å². The lowest BCUT2D eigenvalue weighted by Crippen LogP contribution is -2.56. The molecule has 0 heterocycles. The second kappa shape index (κ2) is 5.33. The van der Waals surface area contributed by atoms with Crippen molar-refractivity contribution in [2.75, 3.05) is 20.6 Å². The number of nitrogens with one attached hydrogen (secondary N) is 1. The van der Waals surface area contributed by atoms with Gasteiger partial charge in [-0.3, -0.25) is 0 Å². The lowest BCUT2D eigenvalue weighted by atomic mass is 9.75. The molecule has 2 nitrogen and oxygen atoms in total. The van der Waals surface area contributed by atoms with E-state index in [1.165, 1.54) is 31.4 Å². The van der Waals surface area contributed by atoms with Crippen LogP contribution in [0.25, 0.3) is 0 Å². The summed E-state index contributed by atoms with van der Waals surface area (Å²) in [6, 6.07) is 3.65. The van der Waals surface area contributed by atoms with Crippen molar-refractivity contribution in [1.29, 1.82) is 0 Å². The smallest absolute Gasteiger partial charge is 0.126 e. The Kier molecular flexibility index (Phi) is 3.97. The third-order valence-corrected chi connectivity index (χ3v) is 3.94. The minimum absolute atomic E-state index is 0.228. The number of halogens is 2. The van der Waals surface area contributed by atoms with Crippen LogP contribution in [0.15, 0.2) is 18.2 Å². The Labute approximate surface area is 107 Å². The van der Waals surface area contributed by atoms with E-state index in [0.29, 0.717) is 12.1 Å². The molecule has 1 aliphatic carbocycles. The molecule has 0 saturated heterocycles. The van der Waals surface area contributed by atoms with Crippen molar-refractivity contribution >= 4 is 0 Å². The number of hydrogen-bond acceptors (Lipinski definition) is 2. The molecule has 0 aromatic heterocycles. The molecule has 0 unspecified atom stereocenters. The van der Waals surface area contributed by atoms with Crippen molar-refractivity contribution < 1.29 is 8.78 Å². The van der Waals surface area contributed by atoms with E-state index in [1.807, 2.05) is 0 Å². The minimum Gasteiger partial charge on any atom is -0.311 e. The van der Waals surface area contributed by atoms with Crippen molar-refractivity contribution in [3.05, 3.63) is 35.4 Å². The quantitative estimate of drug-likeness (QED) is 0.868. The van der Waals surface area contributed by atoms with E-state index < -0.39 is 11.6 Å². The van der Waals surface area contributed by atoms with Gasteiger partial charge in [0.05, 0.1) is 0 Å². The van der Waals surface area contributed by atoms with E-state index >= 15 is 0 Å². The molecule has 1 aromatic rings. The molecule has 18 heavy (non-hydrogen) atoms. The molecule has 1 aromatic carbocycles. The first-order chi connectivity index (χ1) is 8.52. The molecule has 0 aliphatic heterocycles. The highest BCUT2D eigenvalue weighted by Gasteiger charge is 2.38. The molecule has 2 rings (SSSR count). The Morgan fingerprint density at radius 2 is 1.78 bits per heavy atom. The zero-order valence-corrected chi connectivity index (χ0v) is 11.0. The summed E-state index contributed by atoms with van der Waals surface area (Å²) < 4.78 is 26.0. The van der Waals surface area contributed by atoms with Gasteiger partial charge in [0.2, 0.25) is 0 Å². The summed E-state index contributed by atoms with van der Waals surface area (Å²) in [5.41, 5.74) is 0.881. The van der Waals surface area contributed by atoms with Gasteiger partial charge in [-0.1, -0.05) is 0 Å². The van der Waals surface area contributed by atoms with Crippen molar-refractivity contribution in [3.8, 4) is 0 Å². The van der Waals surface area contributed by atoms with Crippen LogP contribution in [0.4, 0.5) is 8.78 Å². The maximum atomic E-state index is 13.0. The standard InChI is InChI=1S/C14H20F2N2/c1-18(2)14(4-3-5-14)10-17-9-11-6-12(15)8-13(16)7-11/h6-8,17H,3-5,9-10H2,1-2H3. The fourth-order valence-corrected chi connectivity index (χ4v) is 2.52. The summed E-state index contributed by atoms with van der Waals surface area (Å²) in [5.74, 6) is -1.03. The first kappa shape index (κ1) is 13.4. The Hall–Kier alpha value is -1.00. The fourth-order valence-electron chi connectivity index (χ4n) is 2.52. The van der Waals surface area contributed by atoms with E-state index in [4.69, 9.17) is 0 Å². The summed E-state index contributed by atoms with van der Waals surface area (Å²) in [5, 5.41) is 3.31. The third-order valence-electron chi connectivity index (χ3n) is 3.94. The van der Waals surface area contributed by atoms with Crippen LogP contribution in [0.5, 0.6) is 0 Å². The average Bonchev–Trinajstić information content (AvgIpc) is 2.19. The molecule has 0 radical (unpaired) electrons. The van der Waals surface area contributed by atoms with Crippen molar-refractivity contribution in [3.63, 3.8) is 0 Å². The number of rotatable bonds is 5. The van der Waals surface area contributed by atoms with Gasteiger partial charge in [-0.15, -0.1) is 0 Å². The molecule has 1 N–H and O–H groups in total. The van der Waals surface area contributed by atoms with Gasteiger partial charge in [-0.25, -0.2) is 8.78 Å². The molecule has 4 heteroatoms. The molecule has 1 fully saturated rings. The van der Waals surface area contributed by atoms with E-state index in [1.54, 1.807) is 0 Å². The van der Waals surface area contributed by atoms with Gasteiger partial charge in [0.25, 0.3) is 0 Å². The maximum absolute atomic E-state index is 13.0. The van der Waals surface area contributed by atoms with Crippen LogP contribution in [0.1, 0.15) is 24.8 Å². The zero-order valence-electron chi connectivity index (χ0n) is 11.0. The number of likely N-dealkylation sites (N-methyl/N-ethyl adjacent to an activating group) is 1. The van der Waals surface area contributed by atoms with Crippen LogP contribution >= 0.6 is 0 Å². The second-order valence-electron chi connectivity index (χ2n) is 5.35. The van der Waals surface area contributed by atoms with Gasteiger partial charge in [0, 0.05) is 24.7 Å². The molecular weight excluding hydrogens is 234 g/mol. The Morgan fingerprint density at radius 3 is 2.22 bits per heavy atom. The highest BCUT2D eigenvalue weighted by molar-refractivity contribution is 5.17. The SMILES string of the molecule is CN(C)C1(CNCc2cc(F)cc(F)c2)CCC1. The summed E-state index contributed by atoms with van der Waals surface area (Å²) >= 11 is 0. The summed E-state index contributed by atoms with van der Waals surface area (Å²) in [4.78, 5) is 2.25. The maximum Gasteiger partial charge on any atom is 0.126 e. The largest absolute Gasteiger partial charge is 0.311 e. The predicted octanol–water partition coefficient (Wildman–Crippen LogP) is 2.54. The fraction of sp³-hybridized carbons (Fsp3) is 0.571. The molecule has 0 spiro atoms. The molecule has 100 valence electrons. The zero-order chi connectivity index (χ0) is 13.2. The average molecular weight is 254 g/mol. The van der Waals surface area contributed by atoms with Gasteiger partial charge >= 0.3 is 0 Å². The van der Waals surface area contributed by atoms with Crippen molar-refractivity contribution in [2.45, 2.75) is 31.3 Å². The van der Waals surface area contributed by atoms with Crippen LogP contribution in [-0.2, 0) is 6.54 Å². The van der Waals surface area contributed by atoms with Gasteiger partial charge in [-0.05, 0) is 51.1 Å².